The summed E-state index contributed by atoms with van der Waals surface area (Å²) in [6.45, 7) is 5.54. The van der Waals surface area contributed by atoms with Gasteiger partial charge in [0.15, 0.2) is 5.13 Å². The van der Waals surface area contributed by atoms with E-state index in [4.69, 9.17) is 9.47 Å². The lowest BCUT2D eigenvalue weighted by Crippen LogP contribution is -2.52. The molecule has 0 radical (unpaired) electrons. The molecular weight excluding hydrogens is 302 g/mol. The third kappa shape index (κ3) is 3.42. The number of carbonyl (C=O) groups is 1. The summed E-state index contributed by atoms with van der Waals surface area (Å²) in [5, 5.41) is 8.29. The molecule has 2 amide bonds. The zero-order valence-corrected chi connectivity index (χ0v) is 14.1. The van der Waals surface area contributed by atoms with E-state index in [9.17, 15) is 4.79 Å². The molecule has 6 nitrogen and oxygen atoms in total. The van der Waals surface area contributed by atoms with Gasteiger partial charge in [-0.1, -0.05) is 0 Å². The van der Waals surface area contributed by atoms with E-state index in [0.29, 0.717) is 11.7 Å². The van der Waals surface area contributed by atoms with Crippen LogP contribution in [-0.4, -0.2) is 36.4 Å². The van der Waals surface area contributed by atoms with Gasteiger partial charge in [-0.2, -0.15) is 0 Å². The fraction of sp³-hybridized carbons (Fsp3) is 0.733. The minimum Gasteiger partial charge on any atom is -0.378 e. The topological polar surface area (TPSA) is 72.5 Å². The summed E-state index contributed by atoms with van der Waals surface area (Å²) < 4.78 is 10.8. The average molecular weight is 325 g/mol. The third-order valence-corrected chi connectivity index (χ3v) is 5.13. The summed E-state index contributed by atoms with van der Waals surface area (Å²) in [7, 11) is 1.62. The molecule has 3 rings (SSSR count). The van der Waals surface area contributed by atoms with Crippen LogP contribution in [0.15, 0.2) is 5.38 Å². The van der Waals surface area contributed by atoms with E-state index >= 15 is 0 Å². The Morgan fingerprint density at radius 2 is 2.32 bits per heavy atom. The van der Waals surface area contributed by atoms with Gasteiger partial charge >= 0.3 is 6.03 Å². The van der Waals surface area contributed by atoms with Gasteiger partial charge in [0, 0.05) is 23.9 Å². The molecule has 1 aromatic heterocycles. The van der Waals surface area contributed by atoms with Gasteiger partial charge in [0.1, 0.15) is 0 Å². The Labute approximate surface area is 134 Å². The first kappa shape index (κ1) is 15.7. The van der Waals surface area contributed by atoms with E-state index in [1.807, 2.05) is 5.38 Å². The minimum absolute atomic E-state index is 0.0220. The SMILES string of the molecule is COCc1csc(NC(=O)NC2CC3(COC(C)(C)C3)C2)n1. The zero-order chi connectivity index (χ0) is 15.8. The van der Waals surface area contributed by atoms with Gasteiger partial charge in [0.05, 0.1) is 24.5 Å². The number of rotatable bonds is 4. The molecule has 1 spiro atoms. The van der Waals surface area contributed by atoms with Crippen LogP contribution in [0.5, 0.6) is 0 Å². The number of methoxy groups -OCH3 is 1. The number of aromatic nitrogens is 1. The lowest BCUT2D eigenvalue weighted by atomic mass is 9.63. The predicted octanol–water partition coefficient (Wildman–Crippen LogP) is 2.76. The molecule has 1 saturated carbocycles. The quantitative estimate of drug-likeness (QED) is 0.893. The Kier molecular flexibility index (Phi) is 4.13. The van der Waals surface area contributed by atoms with E-state index in [1.54, 1.807) is 7.11 Å². The van der Waals surface area contributed by atoms with E-state index in [2.05, 4.69) is 29.5 Å². The van der Waals surface area contributed by atoms with Crippen LogP contribution in [0.4, 0.5) is 9.93 Å². The number of nitrogens with zero attached hydrogens (tertiary/aromatic N) is 1. The number of amides is 2. The van der Waals surface area contributed by atoms with Crippen LogP contribution in [0.1, 0.15) is 38.8 Å². The fourth-order valence-electron chi connectivity index (χ4n) is 3.60. The molecule has 2 heterocycles. The van der Waals surface area contributed by atoms with E-state index in [0.717, 1.165) is 31.6 Å². The Morgan fingerprint density at radius 1 is 1.55 bits per heavy atom. The highest BCUT2D eigenvalue weighted by atomic mass is 32.1. The van der Waals surface area contributed by atoms with Crippen molar-refractivity contribution in [2.45, 2.75) is 51.4 Å². The maximum absolute atomic E-state index is 12.0. The second-order valence-corrected chi connectivity index (χ2v) is 7.86. The summed E-state index contributed by atoms with van der Waals surface area (Å²) >= 11 is 1.41. The molecular formula is C15H23N3O3S. The van der Waals surface area contributed by atoms with Crippen LogP contribution in [-0.2, 0) is 16.1 Å². The molecule has 2 N–H and O–H groups in total. The first-order valence-corrected chi connectivity index (χ1v) is 8.43. The van der Waals surface area contributed by atoms with Gasteiger partial charge < -0.3 is 14.8 Å². The van der Waals surface area contributed by atoms with Crippen LogP contribution in [0.2, 0.25) is 0 Å². The molecule has 122 valence electrons. The van der Waals surface area contributed by atoms with Crippen LogP contribution in [0.3, 0.4) is 0 Å². The van der Waals surface area contributed by atoms with Crippen LogP contribution < -0.4 is 10.6 Å². The second kappa shape index (κ2) is 5.79. The Balaban J connectivity index is 1.44. The van der Waals surface area contributed by atoms with Crippen molar-refractivity contribution >= 4 is 22.5 Å². The standard InChI is InChI=1S/C15H23N3O3S/c1-14(2)8-15(9-21-14)4-10(5-15)16-12(19)18-13-17-11(6-20-3)7-22-13/h7,10H,4-6,8-9H2,1-3H3,(H2,16,17,18,19). The molecule has 1 aliphatic heterocycles. The number of hydrogen-bond donors (Lipinski definition) is 2. The Bertz CT molecular complexity index is 552. The van der Waals surface area contributed by atoms with Crippen molar-refractivity contribution < 1.29 is 14.3 Å². The maximum atomic E-state index is 12.0. The molecule has 2 fully saturated rings. The van der Waals surface area contributed by atoms with Gasteiger partial charge in [-0.3, -0.25) is 5.32 Å². The summed E-state index contributed by atoms with van der Waals surface area (Å²) in [5.74, 6) is 0. The average Bonchev–Trinajstić information content (AvgIpc) is 2.94. The molecule has 0 bridgehead atoms. The number of urea groups is 1. The summed E-state index contributed by atoms with van der Waals surface area (Å²) in [6, 6.07) is 0.0484. The van der Waals surface area contributed by atoms with Crippen molar-refractivity contribution in [1.29, 1.82) is 0 Å². The Hall–Kier alpha value is -1.18. The molecule has 0 aromatic carbocycles. The van der Waals surface area contributed by atoms with Gasteiger partial charge in [0.25, 0.3) is 0 Å². The van der Waals surface area contributed by atoms with Gasteiger partial charge in [0.2, 0.25) is 0 Å². The number of thiazole rings is 1. The first-order valence-electron chi connectivity index (χ1n) is 7.55. The number of hydrogen-bond acceptors (Lipinski definition) is 5. The molecule has 7 heteroatoms. The van der Waals surface area contributed by atoms with Crippen molar-refractivity contribution in [1.82, 2.24) is 10.3 Å². The molecule has 0 atom stereocenters. The summed E-state index contributed by atoms with van der Waals surface area (Å²) in [6.07, 6.45) is 3.07. The fourth-order valence-corrected chi connectivity index (χ4v) is 4.29. The molecule has 1 aliphatic carbocycles. The summed E-state index contributed by atoms with van der Waals surface area (Å²) in [5.41, 5.74) is 1.08. The highest BCUT2D eigenvalue weighted by Crippen LogP contribution is 2.52. The van der Waals surface area contributed by atoms with Gasteiger partial charge in [-0.25, -0.2) is 9.78 Å². The second-order valence-electron chi connectivity index (χ2n) is 7.01. The first-order chi connectivity index (χ1) is 10.4. The largest absolute Gasteiger partial charge is 0.378 e. The number of nitrogens with one attached hydrogen (secondary N) is 2. The normalized spacial score (nSPS) is 29.3. The highest BCUT2D eigenvalue weighted by molar-refractivity contribution is 7.13. The van der Waals surface area contributed by atoms with Crippen molar-refractivity contribution in [2.24, 2.45) is 5.41 Å². The van der Waals surface area contributed by atoms with Crippen molar-refractivity contribution in [3.05, 3.63) is 11.1 Å². The van der Waals surface area contributed by atoms with E-state index in [1.165, 1.54) is 11.3 Å². The molecule has 0 unspecified atom stereocenters. The molecule has 1 saturated heterocycles. The van der Waals surface area contributed by atoms with Crippen LogP contribution in [0, 0.1) is 5.41 Å². The van der Waals surface area contributed by atoms with Crippen LogP contribution in [0.25, 0.3) is 0 Å². The maximum Gasteiger partial charge on any atom is 0.321 e. The van der Waals surface area contributed by atoms with Crippen molar-refractivity contribution in [3.8, 4) is 0 Å². The summed E-state index contributed by atoms with van der Waals surface area (Å²) in [4.78, 5) is 16.3. The number of ether oxygens (including phenoxy) is 2. The lowest BCUT2D eigenvalue weighted by molar-refractivity contribution is 0.0190. The molecule has 22 heavy (non-hydrogen) atoms. The number of carbonyl (C=O) groups excluding carboxylic acids is 1. The molecule has 1 aromatic rings. The zero-order valence-electron chi connectivity index (χ0n) is 13.3. The monoisotopic (exact) mass is 325 g/mol. The van der Waals surface area contributed by atoms with Crippen molar-refractivity contribution in [2.75, 3.05) is 19.0 Å². The lowest BCUT2D eigenvalue weighted by Gasteiger charge is -2.44. The van der Waals surface area contributed by atoms with Crippen molar-refractivity contribution in [3.63, 3.8) is 0 Å². The predicted molar refractivity (Wildman–Crippen MR) is 85.1 cm³/mol. The highest BCUT2D eigenvalue weighted by Gasteiger charge is 2.52. The van der Waals surface area contributed by atoms with E-state index < -0.39 is 0 Å². The smallest absolute Gasteiger partial charge is 0.321 e. The number of anilines is 1. The Morgan fingerprint density at radius 3 is 2.95 bits per heavy atom. The molecule has 2 aliphatic rings. The van der Waals surface area contributed by atoms with E-state index in [-0.39, 0.29) is 23.1 Å². The third-order valence-electron chi connectivity index (χ3n) is 4.33. The van der Waals surface area contributed by atoms with Gasteiger partial charge in [-0.15, -0.1) is 11.3 Å². The van der Waals surface area contributed by atoms with Gasteiger partial charge in [-0.05, 0) is 33.1 Å². The minimum atomic E-state index is -0.184. The van der Waals surface area contributed by atoms with Crippen LogP contribution >= 0.6 is 11.3 Å².